The molecule has 1 aliphatic heterocycles. The summed E-state index contributed by atoms with van der Waals surface area (Å²) in [4.78, 5) is 19.4. The van der Waals surface area contributed by atoms with Crippen molar-refractivity contribution in [1.29, 1.82) is 0 Å². The van der Waals surface area contributed by atoms with Gasteiger partial charge in [-0.3, -0.25) is 4.79 Å². The third kappa shape index (κ3) is 3.81. The van der Waals surface area contributed by atoms with Gasteiger partial charge in [0.1, 0.15) is 5.01 Å². The number of benzene rings is 1. The summed E-state index contributed by atoms with van der Waals surface area (Å²) >= 11 is 3.28. The molecule has 0 radical (unpaired) electrons. The number of carbonyl (C=O) groups excluding carboxylic acids is 1. The maximum absolute atomic E-state index is 12.4. The van der Waals surface area contributed by atoms with E-state index in [0.717, 1.165) is 45.7 Å². The Morgan fingerprint density at radius 2 is 2.04 bits per heavy atom. The van der Waals surface area contributed by atoms with Crippen molar-refractivity contribution in [2.24, 2.45) is 5.92 Å². The van der Waals surface area contributed by atoms with Gasteiger partial charge in [0.2, 0.25) is 5.91 Å². The molecule has 128 valence electrons. The number of amides is 1. The fourth-order valence-electron chi connectivity index (χ4n) is 2.74. The predicted molar refractivity (Wildman–Crippen MR) is 104 cm³/mol. The number of hydrogen-bond acceptors (Lipinski definition) is 5. The van der Waals surface area contributed by atoms with E-state index in [2.05, 4.69) is 28.8 Å². The Balaban J connectivity index is 1.56. The van der Waals surface area contributed by atoms with Gasteiger partial charge in [-0.15, -0.1) is 22.7 Å². The van der Waals surface area contributed by atoms with E-state index >= 15 is 0 Å². The minimum Gasteiger partial charge on any atom is -0.355 e. The van der Waals surface area contributed by atoms with Crippen molar-refractivity contribution in [2.75, 3.05) is 19.6 Å². The van der Waals surface area contributed by atoms with Crippen LogP contribution in [0.3, 0.4) is 0 Å². The van der Waals surface area contributed by atoms with Gasteiger partial charge in [0.15, 0.2) is 0 Å². The fraction of sp³-hybridized carbons (Fsp3) is 0.263. The third-order valence-electron chi connectivity index (χ3n) is 4.25. The number of nitrogens with zero attached hydrogens (tertiary/aromatic N) is 1. The summed E-state index contributed by atoms with van der Waals surface area (Å²) in [7, 11) is 0. The van der Waals surface area contributed by atoms with E-state index in [-0.39, 0.29) is 5.91 Å². The predicted octanol–water partition coefficient (Wildman–Crippen LogP) is 3.42. The summed E-state index contributed by atoms with van der Waals surface area (Å²) < 4.78 is 0. The molecule has 6 heteroatoms. The summed E-state index contributed by atoms with van der Waals surface area (Å²) in [5.74, 6) is 0.648. The van der Waals surface area contributed by atoms with Crippen LogP contribution in [-0.2, 0) is 11.2 Å². The Bertz CT molecular complexity index is 839. The van der Waals surface area contributed by atoms with Gasteiger partial charge in [-0.2, -0.15) is 0 Å². The molecule has 1 amide bonds. The van der Waals surface area contributed by atoms with Gasteiger partial charge < -0.3 is 10.6 Å². The van der Waals surface area contributed by atoms with Gasteiger partial charge in [0.05, 0.1) is 17.0 Å². The van der Waals surface area contributed by atoms with E-state index in [1.54, 1.807) is 22.7 Å². The molecule has 0 spiro atoms. The van der Waals surface area contributed by atoms with Crippen LogP contribution in [0, 0.1) is 5.92 Å². The summed E-state index contributed by atoms with van der Waals surface area (Å²) in [5, 5.41) is 9.30. The van der Waals surface area contributed by atoms with Crippen LogP contribution in [0.15, 0.2) is 47.8 Å². The van der Waals surface area contributed by atoms with Crippen LogP contribution in [0.4, 0.5) is 0 Å². The van der Waals surface area contributed by atoms with E-state index in [4.69, 9.17) is 4.98 Å². The molecule has 25 heavy (non-hydrogen) atoms. The maximum Gasteiger partial charge on any atom is 0.225 e. The van der Waals surface area contributed by atoms with Crippen molar-refractivity contribution in [3.63, 3.8) is 0 Å². The first-order valence-corrected chi connectivity index (χ1v) is 10.1. The van der Waals surface area contributed by atoms with Crippen molar-refractivity contribution < 1.29 is 4.79 Å². The number of hydrogen-bond donors (Lipinski definition) is 2. The molecular weight excluding hydrogens is 350 g/mol. The molecule has 3 heterocycles. The average Bonchev–Trinajstić information content (AvgIpc) is 3.23. The lowest BCUT2D eigenvalue weighted by atomic mass is 10.0. The highest BCUT2D eigenvalue weighted by Gasteiger charge is 2.20. The van der Waals surface area contributed by atoms with Crippen LogP contribution >= 0.6 is 22.7 Å². The second-order valence-corrected chi connectivity index (χ2v) is 8.17. The normalized spacial score (nSPS) is 14.2. The van der Waals surface area contributed by atoms with E-state index in [1.165, 1.54) is 0 Å². The Kier molecular flexibility index (Phi) is 4.92. The van der Waals surface area contributed by atoms with Crippen molar-refractivity contribution >= 4 is 28.6 Å². The fourth-order valence-corrected chi connectivity index (χ4v) is 4.63. The largest absolute Gasteiger partial charge is 0.355 e. The molecule has 0 aliphatic carbocycles. The highest BCUT2D eigenvalue weighted by atomic mass is 32.1. The highest BCUT2D eigenvalue weighted by Crippen LogP contribution is 2.36. The Hall–Kier alpha value is -2.02. The zero-order valence-corrected chi connectivity index (χ0v) is 15.3. The second kappa shape index (κ2) is 7.47. The minimum atomic E-state index is 0.0768. The van der Waals surface area contributed by atoms with E-state index in [9.17, 15) is 4.79 Å². The van der Waals surface area contributed by atoms with E-state index in [1.807, 2.05) is 29.6 Å². The number of thiophene rings is 1. The van der Waals surface area contributed by atoms with Crippen LogP contribution in [0.25, 0.3) is 21.1 Å². The molecule has 0 saturated carbocycles. The molecule has 4 nitrogen and oxygen atoms in total. The molecule has 1 saturated heterocycles. The summed E-state index contributed by atoms with van der Waals surface area (Å²) in [6.07, 6.45) is 0.387. The van der Waals surface area contributed by atoms with Crippen molar-refractivity contribution in [2.45, 2.75) is 6.42 Å². The van der Waals surface area contributed by atoms with Crippen LogP contribution in [0.2, 0.25) is 0 Å². The summed E-state index contributed by atoms with van der Waals surface area (Å²) in [6.45, 7) is 2.75. The Labute approximate surface area is 154 Å². The van der Waals surface area contributed by atoms with Gasteiger partial charge in [-0.05, 0) is 11.4 Å². The minimum absolute atomic E-state index is 0.0768. The highest BCUT2D eigenvalue weighted by molar-refractivity contribution is 7.17. The monoisotopic (exact) mass is 369 g/mol. The van der Waals surface area contributed by atoms with E-state index in [0.29, 0.717) is 12.3 Å². The lowest BCUT2D eigenvalue weighted by Crippen LogP contribution is -2.48. The first kappa shape index (κ1) is 16.4. The van der Waals surface area contributed by atoms with Crippen LogP contribution in [0.5, 0.6) is 0 Å². The first-order valence-electron chi connectivity index (χ1n) is 8.36. The molecule has 0 unspecified atom stereocenters. The van der Waals surface area contributed by atoms with Crippen molar-refractivity contribution in [3.05, 3.63) is 52.7 Å². The number of nitrogens with one attached hydrogen (secondary N) is 2. The maximum atomic E-state index is 12.4. The first-order chi connectivity index (χ1) is 12.3. The molecule has 2 aromatic heterocycles. The van der Waals surface area contributed by atoms with Gasteiger partial charge in [0, 0.05) is 36.0 Å². The molecule has 4 rings (SSSR count). The third-order valence-corrected chi connectivity index (χ3v) is 6.23. The number of thiazole rings is 1. The number of carbonyl (C=O) groups is 1. The quantitative estimate of drug-likeness (QED) is 0.700. The zero-order chi connectivity index (χ0) is 17.1. The number of rotatable bonds is 6. The Morgan fingerprint density at radius 3 is 2.72 bits per heavy atom. The topological polar surface area (TPSA) is 54.0 Å². The van der Waals surface area contributed by atoms with Crippen molar-refractivity contribution in [1.82, 2.24) is 15.6 Å². The second-order valence-electron chi connectivity index (χ2n) is 6.14. The van der Waals surface area contributed by atoms with Gasteiger partial charge in [0.25, 0.3) is 0 Å². The van der Waals surface area contributed by atoms with Gasteiger partial charge >= 0.3 is 0 Å². The Morgan fingerprint density at radius 1 is 1.20 bits per heavy atom. The van der Waals surface area contributed by atoms with Crippen molar-refractivity contribution in [3.8, 4) is 21.1 Å². The molecule has 2 N–H and O–H groups in total. The lowest BCUT2D eigenvalue weighted by Gasteiger charge is -2.27. The lowest BCUT2D eigenvalue weighted by molar-refractivity contribution is -0.120. The van der Waals surface area contributed by atoms with Gasteiger partial charge in [-0.25, -0.2) is 4.98 Å². The molecule has 1 aromatic carbocycles. The van der Waals surface area contributed by atoms with Crippen LogP contribution in [0.1, 0.15) is 4.88 Å². The number of aromatic nitrogens is 1. The van der Waals surface area contributed by atoms with Crippen LogP contribution < -0.4 is 10.6 Å². The molecular formula is C19H19N3OS2. The smallest absolute Gasteiger partial charge is 0.225 e. The standard InChI is InChI=1S/C19H19N3OS2/c23-17(21-12-13-10-20-11-13)9-16-18(15-7-4-8-24-15)22-19(25-16)14-5-2-1-3-6-14/h1-8,13,20H,9-12H2,(H,21,23). The van der Waals surface area contributed by atoms with Crippen LogP contribution in [-0.4, -0.2) is 30.5 Å². The average molecular weight is 370 g/mol. The summed E-state index contributed by atoms with van der Waals surface area (Å²) in [6, 6.07) is 14.2. The molecule has 0 bridgehead atoms. The SMILES string of the molecule is O=C(Cc1sc(-c2ccccc2)nc1-c1cccs1)NCC1CNC1. The van der Waals surface area contributed by atoms with E-state index < -0.39 is 0 Å². The molecule has 1 fully saturated rings. The van der Waals surface area contributed by atoms with Gasteiger partial charge in [-0.1, -0.05) is 36.4 Å². The summed E-state index contributed by atoms with van der Waals surface area (Å²) in [5.41, 5.74) is 2.04. The molecule has 1 aliphatic rings. The molecule has 3 aromatic rings. The zero-order valence-electron chi connectivity index (χ0n) is 13.7. The molecule has 0 atom stereocenters.